The third kappa shape index (κ3) is 4.78. The van der Waals surface area contributed by atoms with E-state index in [1.54, 1.807) is 18.2 Å². The van der Waals surface area contributed by atoms with Crippen molar-refractivity contribution in [3.05, 3.63) is 93.7 Å². The highest BCUT2D eigenvalue weighted by molar-refractivity contribution is 6.42. The number of amides is 1. The molecule has 0 aliphatic carbocycles. The van der Waals surface area contributed by atoms with Gasteiger partial charge in [-0.25, -0.2) is 0 Å². The van der Waals surface area contributed by atoms with Gasteiger partial charge in [0, 0.05) is 30.0 Å². The zero-order valence-electron chi connectivity index (χ0n) is 16.1. The summed E-state index contributed by atoms with van der Waals surface area (Å²) in [6.45, 7) is 5.47. The minimum Gasteiger partial charge on any atom is -0.345 e. The molecule has 0 N–H and O–H groups in total. The quantitative estimate of drug-likeness (QED) is 0.446. The van der Waals surface area contributed by atoms with Crippen LogP contribution in [-0.2, 0) is 13.1 Å². The molecule has 3 aromatic rings. The third-order valence-corrected chi connectivity index (χ3v) is 5.74. The van der Waals surface area contributed by atoms with Gasteiger partial charge in [0.25, 0.3) is 5.91 Å². The van der Waals surface area contributed by atoms with Crippen LogP contribution >= 0.6 is 23.2 Å². The third-order valence-electron chi connectivity index (χ3n) is 5.00. The number of hydrogen-bond acceptors (Lipinski definition) is 1. The van der Waals surface area contributed by atoms with Crippen molar-refractivity contribution >= 4 is 29.1 Å². The predicted octanol–water partition coefficient (Wildman–Crippen LogP) is 6.28. The Morgan fingerprint density at radius 3 is 2.46 bits per heavy atom. The molecule has 3 nitrogen and oxygen atoms in total. The Balaban J connectivity index is 1.85. The fourth-order valence-corrected chi connectivity index (χ4v) is 3.44. The lowest BCUT2D eigenvalue weighted by Gasteiger charge is -2.29. The van der Waals surface area contributed by atoms with Crippen LogP contribution in [0, 0.1) is 0 Å². The highest BCUT2D eigenvalue weighted by Crippen LogP contribution is 2.24. The first-order chi connectivity index (χ1) is 13.5. The van der Waals surface area contributed by atoms with E-state index < -0.39 is 0 Å². The summed E-state index contributed by atoms with van der Waals surface area (Å²) < 4.78 is 2.19. The van der Waals surface area contributed by atoms with Gasteiger partial charge in [0.1, 0.15) is 0 Å². The number of rotatable bonds is 7. The smallest absolute Gasteiger partial charge is 0.254 e. The van der Waals surface area contributed by atoms with Crippen molar-refractivity contribution < 1.29 is 4.79 Å². The molecular weight excluding hydrogens is 391 g/mol. The molecule has 1 amide bonds. The summed E-state index contributed by atoms with van der Waals surface area (Å²) in [6.07, 6.45) is 2.92. The first-order valence-corrected chi connectivity index (χ1v) is 10.2. The maximum absolute atomic E-state index is 13.2. The lowest BCUT2D eigenvalue weighted by molar-refractivity contribution is 0.0667. The van der Waals surface area contributed by atoms with Crippen LogP contribution < -0.4 is 0 Å². The van der Waals surface area contributed by atoms with Gasteiger partial charge in [-0.15, -0.1) is 0 Å². The van der Waals surface area contributed by atoms with Crippen LogP contribution in [0.5, 0.6) is 0 Å². The Kier molecular flexibility index (Phi) is 6.82. The van der Waals surface area contributed by atoms with E-state index in [1.807, 2.05) is 29.2 Å². The summed E-state index contributed by atoms with van der Waals surface area (Å²) in [5, 5.41) is 0.842. The van der Waals surface area contributed by atoms with E-state index in [2.05, 4.69) is 42.8 Å². The molecule has 0 saturated carbocycles. The molecule has 0 saturated heterocycles. The van der Waals surface area contributed by atoms with Crippen molar-refractivity contribution in [2.24, 2.45) is 0 Å². The van der Waals surface area contributed by atoms with Crippen molar-refractivity contribution in [1.29, 1.82) is 0 Å². The first kappa shape index (κ1) is 20.5. The SMILES string of the molecule is CCC(C)N(Cc1cccn1Cc1ccccc1)C(=O)c1ccc(Cl)c(Cl)c1. The maximum Gasteiger partial charge on any atom is 0.254 e. The Morgan fingerprint density at radius 2 is 1.79 bits per heavy atom. The maximum atomic E-state index is 13.2. The van der Waals surface area contributed by atoms with E-state index in [1.165, 1.54) is 5.56 Å². The normalized spacial score (nSPS) is 12.0. The Hall–Kier alpha value is -2.23. The van der Waals surface area contributed by atoms with Crippen LogP contribution in [0.2, 0.25) is 10.0 Å². The van der Waals surface area contributed by atoms with Crippen molar-refractivity contribution in [2.45, 2.75) is 39.4 Å². The van der Waals surface area contributed by atoms with Gasteiger partial charge in [0.05, 0.1) is 16.6 Å². The molecule has 1 heterocycles. The second-order valence-electron chi connectivity index (χ2n) is 6.93. The molecule has 28 heavy (non-hydrogen) atoms. The molecule has 0 aliphatic rings. The van der Waals surface area contributed by atoms with Gasteiger partial charge in [0.15, 0.2) is 0 Å². The minimum absolute atomic E-state index is 0.0413. The summed E-state index contributed by atoms with van der Waals surface area (Å²) in [5.41, 5.74) is 2.87. The fraction of sp³-hybridized carbons (Fsp3) is 0.261. The van der Waals surface area contributed by atoms with Crippen molar-refractivity contribution in [3.63, 3.8) is 0 Å². The van der Waals surface area contributed by atoms with Gasteiger partial charge >= 0.3 is 0 Å². The molecule has 0 fully saturated rings. The molecule has 0 radical (unpaired) electrons. The summed E-state index contributed by atoms with van der Waals surface area (Å²) in [5.74, 6) is -0.0413. The zero-order valence-corrected chi connectivity index (χ0v) is 17.6. The standard InChI is InChI=1S/C23H24Cl2N2O/c1-3-17(2)27(23(28)19-11-12-21(24)22(25)14-19)16-20-10-7-13-26(20)15-18-8-5-4-6-9-18/h4-14,17H,3,15-16H2,1-2H3. The highest BCUT2D eigenvalue weighted by atomic mass is 35.5. The number of nitrogens with zero attached hydrogens (tertiary/aromatic N) is 2. The van der Waals surface area contributed by atoms with Crippen LogP contribution in [0.3, 0.4) is 0 Å². The van der Waals surface area contributed by atoms with E-state index >= 15 is 0 Å². The van der Waals surface area contributed by atoms with Gasteiger partial charge < -0.3 is 9.47 Å². The van der Waals surface area contributed by atoms with E-state index in [4.69, 9.17) is 23.2 Å². The number of halogens is 2. The molecule has 1 unspecified atom stereocenters. The average Bonchev–Trinajstić information content (AvgIpc) is 3.14. The lowest BCUT2D eigenvalue weighted by atomic mass is 10.1. The molecule has 3 rings (SSSR count). The van der Waals surface area contributed by atoms with E-state index in [9.17, 15) is 4.79 Å². The van der Waals surface area contributed by atoms with Crippen LogP contribution in [0.4, 0.5) is 0 Å². The summed E-state index contributed by atoms with van der Waals surface area (Å²) in [7, 11) is 0. The highest BCUT2D eigenvalue weighted by Gasteiger charge is 2.22. The Bertz CT molecular complexity index is 937. The lowest BCUT2D eigenvalue weighted by Crippen LogP contribution is -2.38. The van der Waals surface area contributed by atoms with Crippen LogP contribution in [-0.4, -0.2) is 21.4 Å². The Labute approximate surface area is 176 Å². The van der Waals surface area contributed by atoms with Crippen molar-refractivity contribution in [3.8, 4) is 0 Å². The molecular formula is C23H24Cl2N2O. The second kappa shape index (κ2) is 9.31. The molecule has 0 spiro atoms. The minimum atomic E-state index is -0.0413. The Morgan fingerprint density at radius 1 is 1.04 bits per heavy atom. The van der Waals surface area contributed by atoms with Gasteiger partial charge in [-0.05, 0) is 49.2 Å². The van der Waals surface area contributed by atoms with Gasteiger partial charge in [-0.2, -0.15) is 0 Å². The number of benzene rings is 2. The largest absolute Gasteiger partial charge is 0.345 e. The van der Waals surface area contributed by atoms with Gasteiger partial charge in [0.2, 0.25) is 0 Å². The molecule has 2 aromatic carbocycles. The molecule has 146 valence electrons. The van der Waals surface area contributed by atoms with E-state index in [-0.39, 0.29) is 11.9 Å². The molecule has 0 aliphatic heterocycles. The van der Waals surface area contributed by atoms with Crippen LogP contribution in [0.1, 0.15) is 41.9 Å². The molecule has 1 aromatic heterocycles. The molecule has 5 heteroatoms. The van der Waals surface area contributed by atoms with E-state index in [0.29, 0.717) is 22.2 Å². The summed E-state index contributed by atoms with van der Waals surface area (Å²) in [6, 6.07) is 19.5. The monoisotopic (exact) mass is 414 g/mol. The van der Waals surface area contributed by atoms with Crippen LogP contribution in [0.15, 0.2) is 66.9 Å². The van der Waals surface area contributed by atoms with E-state index in [0.717, 1.165) is 18.7 Å². The fourth-order valence-electron chi connectivity index (χ4n) is 3.15. The predicted molar refractivity (Wildman–Crippen MR) is 116 cm³/mol. The first-order valence-electron chi connectivity index (χ1n) is 9.43. The van der Waals surface area contributed by atoms with Crippen molar-refractivity contribution in [1.82, 2.24) is 9.47 Å². The number of hydrogen-bond donors (Lipinski definition) is 0. The second-order valence-corrected chi connectivity index (χ2v) is 7.75. The average molecular weight is 415 g/mol. The zero-order chi connectivity index (χ0) is 20.1. The number of carbonyl (C=O) groups is 1. The van der Waals surface area contributed by atoms with Crippen LogP contribution in [0.25, 0.3) is 0 Å². The molecule has 0 bridgehead atoms. The summed E-state index contributed by atoms with van der Waals surface area (Å²) >= 11 is 12.1. The van der Waals surface area contributed by atoms with Crippen molar-refractivity contribution in [2.75, 3.05) is 0 Å². The van der Waals surface area contributed by atoms with Gasteiger partial charge in [-0.3, -0.25) is 4.79 Å². The number of aromatic nitrogens is 1. The number of carbonyl (C=O) groups excluding carboxylic acids is 1. The molecule has 1 atom stereocenters. The topological polar surface area (TPSA) is 25.2 Å². The van der Waals surface area contributed by atoms with Gasteiger partial charge in [-0.1, -0.05) is 60.5 Å². The summed E-state index contributed by atoms with van der Waals surface area (Å²) in [4.78, 5) is 15.1.